The lowest BCUT2D eigenvalue weighted by Gasteiger charge is -2.44. The molecule has 3 amide bonds. The number of carbonyl (C=O) groups excluding carboxylic acids is 3. The Bertz CT molecular complexity index is 1040. The molecule has 10 nitrogen and oxygen atoms in total. The van der Waals surface area contributed by atoms with Gasteiger partial charge in [0, 0.05) is 62.6 Å². The van der Waals surface area contributed by atoms with Crippen molar-refractivity contribution in [2.75, 3.05) is 26.2 Å². The van der Waals surface area contributed by atoms with Crippen LogP contribution in [0.5, 0.6) is 5.75 Å². The fraction of sp³-hybridized carbons (Fsp3) is 0.565. The maximum absolute atomic E-state index is 12.9. The number of amides is 3. The van der Waals surface area contributed by atoms with Crippen molar-refractivity contribution in [3.63, 3.8) is 0 Å². The molecule has 1 aliphatic carbocycles. The Morgan fingerprint density at radius 3 is 2.39 bits per heavy atom. The van der Waals surface area contributed by atoms with E-state index >= 15 is 0 Å². The van der Waals surface area contributed by atoms with Crippen molar-refractivity contribution < 1.29 is 42.2 Å². The third-order valence-corrected chi connectivity index (χ3v) is 6.81. The maximum Gasteiger partial charge on any atom is 0.490 e. The predicted molar refractivity (Wildman–Crippen MR) is 118 cm³/mol. The quantitative estimate of drug-likeness (QED) is 0.508. The molecular weight excluding hydrogens is 485 g/mol. The second-order valence-electron chi connectivity index (χ2n) is 9.14. The van der Waals surface area contributed by atoms with Crippen LogP contribution >= 0.6 is 0 Å². The second kappa shape index (κ2) is 10.4. The van der Waals surface area contributed by atoms with E-state index in [1.165, 1.54) is 0 Å². The molecule has 3 N–H and O–H groups in total. The van der Waals surface area contributed by atoms with Crippen LogP contribution < -0.4 is 15.4 Å². The summed E-state index contributed by atoms with van der Waals surface area (Å²) in [5.41, 5.74) is 1.46. The third-order valence-electron chi connectivity index (χ3n) is 6.81. The number of alkyl halides is 3. The van der Waals surface area contributed by atoms with Gasteiger partial charge in [0.05, 0.1) is 6.54 Å². The van der Waals surface area contributed by atoms with Gasteiger partial charge in [0.25, 0.3) is 5.91 Å². The van der Waals surface area contributed by atoms with Gasteiger partial charge in [0.15, 0.2) is 0 Å². The van der Waals surface area contributed by atoms with E-state index < -0.39 is 18.2 Å². The molecule has 1 saturated carbocycles. The van der Waals surface area contributed by atoms with E-state index in [1.54, 1.807) is 11.0 Å². The van der Waals surface area contributed by atoms with Crippen LogP contribution in [0.4, 0.5) is 13.2 Å². The number of nitrogens with zero attached hydrogens (tertiary/aromatic N) is 2. The van der Waals surface area contributed by atoms with Crippen LogP contribution in [0, 0.1) is 0 Å². The Hall–Kier alpha value is -3.19. The number of halogens is 3. The van der Waals surface area contributed by atoms with Gasteiger partial charge in [-0.3, -0.25) is 24.6 Å². The van der Waals surface area contributed by atoms with Gasteiger partial charge in [0.2, 0.25) is 11.8 Å². The predicted octanol–water partition coefficient (Wildman–Crippen LogP) is 0.896. The minimum Gasteiger partial charge on any atom is -0.490 e. The first-order valence-corrected chi connectivity index (χ1v) is 11.7. The molecule has 3 fully saturated rings. The number of piperazine rings is 1. The van der Waals surface area contributed by atoms with E-state index in [1.807, 2.05) is 12.1 Å². The van der Waals surface area contributed by atoms with Crippen LogP contribution in [0.1, 0.15) is 41.6 Å². The van der Waals surface area contributed by atoms with Gasteiger partial charge in [0.1, 0.15) is 17.9 Å². The molecule has 36 heavy (non-hydrogen) atoms. The van der Waals surface area contributed by atoms with Crippen LogP contribution in [-0.2, 0) is 20.9 Å². The molecule has 0 aromatic heterocycles. The smallest absolute Gasteiger partial charge is 0.490 e. The highest BCUT2D eigenvalue weighted by Crippen LogP contribution is 2.37. The summed E-state index contributed by atoms with van der Waals surface area (Å²) in [4.78, 5) is 49.5. The van der Waals surface area contributed by atoms with Crippen molar-refractivity contribution >= 4 is 23.7 Å². The molecule has 0 radical (unpaired) electrons. The SMILES string of the molecule is O=C(O)C(F)(F)F.O=C1CCC(N2Cc3c(OC4CC(N5CCNCC5)C4)cccc3C2=O)C(=O)N1. The van der Waals surface area contributed by atoms with Crippen LogP contribution in [0.15, 0.2) is 18.2 Å². The molecule has 2 saturated heterocycles. The van der Waals surface area contributed by atoms with E-state index in [-0.39, 0.29) is 30.2 Å². The summed E-state index contributed by atoms with van der Waals surface area (Å²) in [5, 5.41) is 12.8. The Morgan fingerprint density at radius 1 is 1.11 bits per heavy atom. The Morgan fingerprint density at radius 2 is 1.78 bits per heavy atom. The summed E-state index contributed by atoms with van der Waals surface area (Å²) in [7, 11) is 0. The minimum absolute atomic E-state index is 0.160. The molecule has 4 aliphatic rings. The van der Waals surface area contributed by atoms with Crippen molar-refractivity contribution in [3.05, 3.63) is 29.3 Å². The van der Waals surface area contributed by atoms with Gasteiger partial charge in [-0.05, 0) is 18.6 Å². The highest BCUT2D eigenvalue weighted by Gasteiger charge is 2.41. The molecule has 1 aromatic carbocycles. The number of imide groups is 1. The number of nitrogens with one attached hydrogen (secondary N) is 2. The monoisotopic (exact) mass is 512 g/mol. The van der Waals surface area contributed by atoms with Gasteiger partial charge in [-0.1, -0.05) is 6.07 Å². The lowest BCUT2D eigenvalue weighted by atomic mass is 9.87. The Labute approximate surface area is 204 Å². The number of piperidine rings is 1. The number of aliphatic carboxylic acids is 1. The molecule has 3 aliphatic heterocycles. The van der Waals surface area contributed by atoms with E-state index in [9.17, 15) is 27.6 Å². The molecule has 1 unspecified atom stereocenters. The summed E-state index contributed by atoms with van der Waals surface area (Å²) in [6, 6.07) is 5.53. The topological polar surface area (TPSA) is 128 Å². The number of fused-ring (bicyclic) bond motifs is 1. The molecule has 1 atom stereocenters. The van der Waals surface area contributed by atoms with Gasteiger partial charge in [-0.25, -0.2) is 4.79 Å². The van der Waals surface area contributed by atoms with Gasteiger partial charge in [-0.2, -0.15) is 13.2 Å². The largest absolute Gasteiger partial charge is 0.490 e. The van der Waals surface area contributed by atoms with Crippen molar-refractivity contribution in [2.24, 2.45) is 0 Å². The summed E-state index contributed by atoms with van der Waals surface area (Å²) in [6.07, 6.45) is -2.27. The first-order valence-electron chi connectivity index (χ1n) is 11.7. The average molecular weight is 512 g/mol. The molecule has 5 rings (SSSR count). The number of ether oxygens (including phenoxy) is 1. The minimum atomic E-state index is -5.08. The van der Waals surface area contributed by atoms with E-state index in [0.717, 1.165) is 50.3 Å². The molecule has 196 valence electrons. The molecule has 0 spiro atoms. The molecule has 0 bridgehead atoms. The molecule has 1 aromatic rings. The van der Waals surface area contributed by atoms with E-state index in [4.69, 9.17) is 14.6 Å². The second-order valence-corrected chi connectivity index (χ2v) is 9.14. The number of hydrogen-bond donors (Lipinski definition) is 3. The number of carboxylic acid groups (broad SMARTS) is 1. The lowest BCUT2D eigenvalue weighted by molar-refractivity contribution is -0.192. The van der Waals surface area contributed by atoms with Crippen molar-refractivity contribution in [2.45, 2.75) is 56.6 Å². The number of benzene rings is 1. The number of hydrogen-bond acceptors (Lipinski definition) is 7. The highest BCUT2D eigenvalue weighted by atomic mass is 19.4. The van der Waals surface area contributed by atoms with E-state index in [0.29, 0.717) is 24.6 Å². The van der Waals surface area contributed by atoms with Gasteiger partial charge in [-0.15, -0.1) is 0 Å². The molecule has 3 heterocycles. The molecule has 13 heteroatoms. The fourth-order valence-electron chi connectivity index (χ4n) is 4.83. The summed E-state index contributed by atoms with van der Waals surface area (Å²) < 4.78 is 38.0. The van der Waals surface area contributed by atoms with Crippen LogP contribution in [0.3, 0.4) is 0 Å². The maximum atomic E-state index is 12.9. The summed E-state index contributed by atoms with van der Waals surface area (Å²) >= 11 is 0. The number of carboxylic acids is 1. The van der Waals surface area contributed by atoms with Crippen molar-refractivity contribution in [1.82, 2.24) is 20.4 Å². The molecular formula is C23H27F3N4O6. The summed E-state index contributed by atoms with van der Waals surface area (Å²) in [5.74, 6) is -2.83. The zero-order valence-corrected chi connectivity index (χ0v) is 19.3. The Kier molecular flexibility index (Phi) is 7.50. The van der Waals surface area contributed by atoms with E-state index in [2.05, 4.69) is 15.5 Å². The highest BCUT2D eigenvalue weighted by molar-refractivity contribution is 6.05. The van der Waals surface area contributed by atoms with Gasteiger partial charge < -0.3 is 20.1 Å². The zero-order valence-electron chi connectivity index (χ0n) is 19.3. The normalized spacial score (nSPS) is 26.4. The first-order chi connectivity index (χ1) is 17.0. The number of carbonyl (C=O) groups is 4. The van der Waals surface area contributed by atoms with Crippen LogP contribution in [0.2, 0.25) is 0 Å². The Balaban J connectivity index is 0.000000384. The standard InChI is InChI=1S/C21H26N4O4.C2HF3O2/c26-19-5-4-17(20(27)23-19)25-12-16-15(21(25)28)2-1-3-18(16)29-14-10-13(11-14)24-8-6-22-7-9-24;3-2(4,5)1(6)7/h1-3,13-14,17,22H,4-12H2,(H,23,26,27);(H,6,7). The van der Waals surface area contributed by atoms with Crippen molar-refractivity contribution in [1.29, 1.82) is 0 Å². The number of rotatable bonds is 4. The summed E-state index contributed by atoms with van der Waals surface area (Å²) in [6.45, 7) is 4.63. The van der Waals surface area contributed by atoms with Gasteiger partial charge >= 0.3 is 12.1 Å². The fourth-order valence-corrected chi connectivity index (χ4v) is 4.83. The van der Waals surface area contributed by atoms with Crippen LogP contribution in [0.25, 0.3) is 0 Å². The first kappa shape index (κ1) is 25.9. The van der Waals surface area contributed by atoms with Crippen LogP contribution in [-0.4, -0.2) is 89.1 Å². The lowest BCUT2D eigenvalue weighted by Crippen LogP contribution is -2.55. The third kappa shape index (κ3) is 5.62. The zero-order chi connectivity index (χ0) is 26.0. The average Bonchev–Trinajstić information content (AvgIpc) is 3.13. The van der Waals surface area contributed by atoms with Crippen molar-refractivity contribution in [3.8, 4) is 5.75 Å².